The van der Waals surface area contributed by atoms with E-state index in [2.05, 4.69) is 20.3 Å². The Morgan fingerprint density at radius 1 is 1.50 bits per heavy atom. The number of fused-ring (bicyclic) bond motifs is 1. The van der Waals surface area contributed by atoms with Crippen LogP contribution in [0.4, 0.5) is 5.13 Å². The standard InChI is InChI=1S/C13H12N4O2S3/c1-7-4-8-11(19)15-9(16-12(8)22-7)5-20-6-10(18)17-13-14-2-3-21-13/h2-4H,5-6H2,1H3,(H,14,17,18)(H,15,16,19). The number of anilines is 1. The summed E-state index contributed by atoms with van der Waals surface area (Å²) in [6.07, 6.45) is 1.64. The molecule has 6 nitrogen and oxygen atoms in total. The monoisotopic (exact) mass is 352 g/mol. The smallest absolute Gasteiger partial charge is 0.259 e. The number of H-pyrrole nitrogens is 1. The molecule has 0 aliphatic heterocycles. The SMILES string of the molecule is Cc1cc2c(=O)[nH]c(CSCC(=O)Nc3nccs3)nc2s1. The molecular weight excluding hydrogens is 340 g/mol. The van der Waals surface area contributed by atoms with Crippen LogP contribution < -0.4 is 10.9 Å². The lowest BCUT2D eigenvalue weighted by Gasteiger charge is -2.02. The molecule has 0 aliphatic carbocycles. The number of aromatic amines is 1. The molecule has 0 spiro atoms. The van der Waals surface area contributed by atoms with Crippen molar-refractivity contribution in [2.24, 2.45) is 0 Å². The van der Waals surface area contributed by atoms with Gasteiger partial charge in [0.05, 0.1) is 16.9 Å². The number of carbonyl (C=O) groups is 1. The minimum absolute atomic E-state index is 0.115. The number of nitrogens with one attached hydrogen (secondary N) is 2. The van der Waals surface area contributed by atoms with Crippen LogP contribution in [0.25, 0.3) is 10.2 Å². The third-order valence-corrected chi connectivity index (χ3v) is 5.30. The van der Waals surface area contributed by atoms with E-state index in [1.54, 1.807) is 11.6 Å². The highest BCUT2D eigenvalue weighted by Gasteiger charge is 2.09. The highest BCUT2D eigenvalue weighted by Crippen LogP contribution is 2.20. The average molecular weight is 352 g/mol. The second kappa shape index (κ2) is 6.59. The summed E-state index contributed by atoms with van der Waals surface area (Å²) in [5, 5.41) is 5.72. The molecule has 0 saturated carbocycles. The van der Waals surface area contributed by atoms with Gasteiger partial charge in [-0.1, -0.05) is 0 Å². The second-order valence-electron chi connectivity index (χ2n) is 4.47. The van der Waals surface area contributed by atoms with Crippen LogP contribution in [0, 0.1) is 6.92 Å². The maximum atomic E-state index is 11.9. The van der Waals surface area contributed by atoms with Gasteiger partial charge in [-0.2, -0.15) is 0 Å². The fourth-order valence-corrected chi connectivity index (χ4v) is 3.98. The molecule has 0 fully saturated rings. The summed E-state index contributed by atoms with van der Waals surface area (Å²) in [5.74, 6) is 1.24. The van der Waals surface area contributed by atoms with Gasteiger partial charge in [0, 0.05) is 16.5 Å². The number of hydrogen-bond donors (Lipinski definition) is 2. The molecule has 0 bridgehead atoms. The Morgan fingerprint density at radius 2 is 2.36 bits per heavy atom. The zero-order valence-corrected chi connectivity index (χ0v) is 14.0. The maximum absolute atomic E-state index is 11.9. The predicted molar refractivity (Wildman–Crippen MR) is 91.9 cm³/mol. The third kappa shape index (κ3) is 3.54. The highest BCUT2D eigenvalue weighted by atomic mass is 32.2. The number of thioether (sulfide) groups is 1. The maximum Gasteiger partial charge on any atom is 0.259 e. The van der Waals surface area contributed by atoms with Gasteiger partial charge in [0.25, 0.3) is 5.56 Å². The van der Waals surface area contributed by atoms with E-state index in [0.29, 0.717) is 22.1 Å². The number of aryl methyl sites for hydroxylation is 1. The van der Waals surface area contributed by atoms with Crippen molar-refractivity contribution in [2.75, 3.05) is 11.1 Å². The van der Waals surface area contributed by atoms with Crippen molar-refractivity contribution in [3.8, 4) is 0 Å². The summed E-state index contributed by atoms with van der Waals surface area (Å²) < 4.78 is 0. The molecule has 3 aromatic heterocycles. The lowest BCUT2D eigenvalue weighted by atomic mass is 10.4. The number of thiophene rings is 1. The van der Waals surface area contributed by atoms with Crippen molar-refractivity contribution >= 4 is 55.7 Å². The van der Waals surface area contributed by atoms with Gasteiger partial charge in [0.2, 0.25) is 5.91 Å². The number of carbonyl (C=O) groups excluding carboxylic acids is 1. The van der Waals surface area contributed by atoms with E-state index in [9.17, 15) is 9.59 Å². The summed E-state index contributed by atoms with van der Waals surface area (Å²) in [7, 11) is 0. The summed E-state index contributed by atoms with van der Waals surface area (Å²) >= 11 is 4.27. The number of aromatic nitrogens is 3. The van der Waals surface area contributed by atoms with Crippen molar-refractivity contribution in [1.29, 1.82) is 0 Å². The van der Waals surface area contributed by atoms with Gasteiger partial charge in [-0.05, 0) is 13.0 Å². The summed E-state index contributed by atoms with van der Waals surface area (Å²) in [5.41, 5.74) is -0.128. The molecule has 0 radical (unpaired) electrons. The molecule has 1 amide bonds. The van der Waals surface area contributed by atoms with Gasteiger partial charge in [-0.15, -0.1) is 34.4 Å². The van der Waals surface area contributed by atoms with Crippen LogP contribution in [-0.4, -0.2) is 26.6 Å². The van der Waals surface area contributed by atoms with Gasteiger partial charge in [0.15, 0.2) is 5.13 Å². The van der Waals surface area contributed by atoms with Crippen LogP contribution in [-0.2, 0) is 10.5 Å². The first-order valence-electron chi connectivity index (χ1n) is 6.38. The van der Waals surface area contributed by atoms with Gasteiger partial charge >= 0.3 is 0 Å². The fraction of sp³-hybridized carbons (Fsp3) is 0.231. The van der Waals surface area contributed by atoms with Crippen molar-refractivity contribution in [3.05, 3.63) is 38.7 Å². The molecule has 0 aliphatic rings. The van der Waals surface area contributed by atoms with Crippen molar-refractivity contribution < 1.29 is 4.79 Å². The van der Waals surface area contributed by atoms with E-state index in [0.717, 1.165) is 9.71 Å². The molecule has 0 unspecified atom stereocenters. The normalized spacial score (nSPS) is 11.0. The Hall–Kier alpha value is -1.71. The lowest BCUT2D eigenvalue weighted by Crippen LogP contribution is -2.15. The molecule has 0 aromatic carbocycles. The first kappa shape index (κ1) is 15.2. The summed E-state index contributed by atoms with van der Waals surface area (Å²) in [6.45, 7) is 1.95. The van der Waals surface area contributed by atoms with Crippen LogP contribution in [0.2, 0.25) is 0 Å². The largest absolute Gasteiger partial charge is 0.309 e. The van der Waals surface area contributed by atoms with E-state index in [1.807, 2.05) is 13.0 Å². The first-order valence-corrected chi connectivity index (χ1v) is 9.23. The minimum Gasteiger partial charge on any atom is -0.309 e. The van der Waals surface area contributed by atoms with E-state index < -0.39 is 0 Å². The molecule has 3 aromatic rings. The van der Waals surface area contributed by atoms with Gasteiger partial charge in [-0.25, -0.2) is 9.97 Å². The quantitative estimate of drug-likeness (QED) is 0.737. The number of hydrogen-bond acceptors (Lipinski definition) is 7. The van der Waals surface area contributed by atoms with Crippen LogP contribution in [0.1, 0.15) is 10.7 Å². The zero-order valence-electron chi connectivity index (χ0n) is 11.6. The van der Waals surface area contributed by atoms with E-state index in [1.165, 1.54) is 34.4 Å². The Morgan fingerprint density at radius 3 is 3.14 bits per heavy atom. The molecule has 9 heteroatoms. The fourth-order valence-electron chi connectivity index (χ4n) is 1.85. The topological polar surface area (TPSA) is 87.7 Å². The van der Waals surface area contributed by atoms with Crippen LogP contribution >= 0.6 is 34.4 Å². The summed E-state index contributed by atoms with van der Waals surface area (Å²) in [6, 6.07) is 1.84. The van der Waals surface area contributed by atoms with Crippen molar-refractivity contribution in [2.45, 2.75) is 12.7 Å². The number of amides is 1. The van der Waals surface area contributed by atoms with Gasteiger partial charge < -0.3 is 10.3 Å². The van der Waals surface area contributed by atoms with E-state index in [-0.39, 0.29) is 17.2 Å². The lowest BCUT2D eigenvalue weighted by molar-refractivity contribution is -0.113. The van der Waals surface area contributed by atoms with E-state index in [4.69, 9.17) is 0 Å². The Bertz CT molecular complexity index is 854. The average Bonchev–Trinajstić information content (AvgIpc) is 3.08. The highest BCUT2D eigenvalue weighted by molar-refractivity contribution is 7.99. The van der Waals surface area contributed by atoms with Crippen molar-refractivity contribution in [1.82, 2.24) is 15.0 Å². The number of nitrogens with zero attached hydrogens (tertiary/aromatic N) is 2. The molecule has 3 heterocycles. The summed E-state index contributed by atoms with van der Waals surface area (Å²) in [4.78, 5) is 36.6. The van der Waals surface area contributed by atoms with E-state index >= 15 is 0 Å². The van der Waals surface area contributed by atoms with Crippen molar-refractivity contribution in [3.63, 3.8) is 0 Å². The van der Waals surface area contributed by atoms with Crippen LogP contribution in [0.3, 0.4) is 0 Å². The van der Waals surface area contributed by atoms with Gasteiger partial charge in [0.1, 0.15) is 10.7 Å². The Balaban J connectivity index is 1.59. The molecule has 2 N–H and O–H groups in total. The molecule has 0 atom stereocenters. The van der Waals surface area contributed by atoms with Crippen LogP contribution in [0.5, 0.6) is 0 Å². The van der Waals surface area contributed by atoms with Gasteiger partial charge in [-0.3, -0.25) is 9.59 Å². The second-order valence-corrected chi connectivity index (χ2v) is 7.58. The zero-order chi connectivity index (χ0) is 15.5. The molecule has 0 saturated heterocycles. The molecule has 22 heavy (non-hydrogen) atoms. The molecular formula is C13H12N4O2S3. The first-order chi connectivity index (χ1) is 10.6. The Labute approximate surface area is 138 Å². The minimum atomic E-state index is -0.128. The Kier molecular flexibility index (Phi) is 4.55. The predicted octanol–water partition coefficient (Wildman–Crippen LogP) is 2.62. The number of rotatable bonds is 5. The molecule has 114 valence electrons. The third-order valence-electron chi connectivity index (χ3n) is 2.73. The molecule has 3 rings (SSSR count). The van der Waals surface area contributed by atoms with Crippen LogP contribution in [0.15, 0.2) is 22.4 Å². The number of thiazole rings is 1.